The van der Waals surface area contributed by atoms with Crippen LogP contribution in [0.5, 0.6) is 5.75 Å². The molecule has 156 valence electrons. The Morgan fingerprint density at radius 2 is 1.97 bits per heavy atom. The Hall–Kier alpha value is -3.06. The SMILES string of the molecule is C=CCN1C(=O)C(CC(=O)Nc2ccccc2OC)SC1=Nc1cc(C)cc(C)c1. The highest BCUT2D eigenvalue weighted by atomic mass is 32.2. The zero-order valence-electron chi connectivity index (χ0n) is 17.3. The third kappa shape index (κ3) is 5.10. The summed E-state index contributed by atoms with van der Waals surface area (Å²) in [6, 6.07) is 13.2. The van der Waals surface area contributed by atoms with Crippen molar-refractivity contribution in [2.75, 3.05) is 19.0 Å². The molecular formula is C23H25N3O3S. The molecule has 1 fully saturated rings. The molecular weight excluding hydrogens is 398 g/mol. The first-order valence-corrected chi connectivity index (χ1v) is 10.5. The fourth-order valence-electron chi connectivity index (χ4n) is 3.27. The van der Waals surface area contributed by atoms with Gasteiger partial charge in [-0.3, -0.25) is 14.5 Å². The van der Waals surface area contributed by atoms with Gasteiger partial charge in [0.25, 0.3) is 0 Å². The van der Waals surface area contributed by atoms with E-state index in [4.69, 9.17) is 4.74 Å². The van der Waals surface area contributed by atoms with E-state index in [1.807, 2.05) is 38.1 Å². The molecule has 1 N–H and O–H groups in total. The van der Waals surface area contributed by atoms with Gasteiger partial charge in [-0.2, -0.15) is 0 Å². The van der Waals surface area contributed by atoms with E-state index in [1.54, 1.807) is 30.2 Å². The number of amides is 2. The number of benzene rings is 2. The Labute approximate surface area is 181 Å². The van der Waals surface area contributed by atoms with Crippen LogP contribution in [0.1, 0.15) is 17.5 Å². The second-order valence-electron chi connectivity index (χ2n) is 7.04. The molecule has 0 spiro atoms. The number of nitrogens with one attached hydrogen (secondary N) is 1. The van der Waals surface area contributed by atoms with Crippen molar-refractivity contribution < 1.29 is 14.3 Å². The molecule has 0 saturated carbocycles. The van der Waals surface area contributed by atoms with Crippen molar-refractivity contribution in [2.45, 2.75) is 25.5 Å². The van der Waals surface area contributed by atoms with E-state index < -0.39 is 5.25 Å². The van der Waals surface area contributed by atoms with E-state index in [9.17, 15) is 9.59 Å². The number of thioether (sulfide) groups is 1. The lowest BCUT2D eigenvalue weighted by molar-refractivity contribution is -0.127. The van der Waals surface area contributed by atoms with Crippen molar-refractivity contribution in [1.82, 2.24) is 4.90 Å². The number of hydrogen-bond acceptors (Lipinski definition) is 5. The number of hydrogen-bond donors (Lipinski definition) is 1. The van der Waals surface area contributed by atoms with Gasteiger partial charge in [0.05, 0.1) is 18.5 Å². The summed E-state index contributed by atoms with van der Waals surface area (Å²) in [6.07, 6.45) is 1.70. The summed E-state index contributed by atoms with van der Waals surface area (Å²) in [7, 11) is 1.55. The molecule has 2 aromatic rings. The van der Waals surface area contributed by atoms with Gasteiger partial charge < -0.3 is 10.1 Å². The lowest BCUT2D eigenvalue weighted by Crippen LogP contribution is -2.33. The van der Waals surface area contributed by atoms with Gasteiger partial charge in [0.15, 0.2) is 5.17 Å². The molecule has 1 atom stereocenters. The second-order valence-corrected chi connectivity index (χ2v) is 8.21. The molecule has 2 aromatic carbocycles. The Morgan fingerprint density at radius 1 is 1.27 bits per heavy atom. The molecule has 30 heavy (non-hydrogen) atoms. The number of methoxy groups -OCH3 is 1. The molecule has 0 aliphatic carbocycles. The Balaban J connectivity index is 1.77. The molecule has 1 aliphatic rings. The molecule has 1 heterocycles. The van der Waals surface area contributed by atoms with Crippen molar-refractivity contribution in [3.8, 4) is 5.75 Å². The van der Waals surface area contributed by atoms with E-state index in [1.165, 1.54) is 11.8 Å². The molecule has 1 unspecified atom stereocenters. The molecule has 3 rings (SSSR count). The smallest absolute Gasteiger partial charge is 0.242 e. The van der Waals surface area contributed by atoms with Crippen LogP contribution in [0.4, 0.5) is 11.4 Å². The predicted octanol–water partition coefficient (Wildman–Crippen LogP) is 4.46. The Bertz CT molecular complexity index is 983. The third-order valence-corrected chi connectivity index (χ3v) is 5.69. The summed E-state index contributed by atoms with van der Waals surface area (Å²) in [4.78, 5) is 31.8. The van der Waals surface area contributed by atoms with Crippen LogP contribution in [-0.4, -0.2) is 40.8 Å². The number of rotatable bonds is 7. The van der Waals surface area contributed by atoms with Crippen LogP contribution in [0, 0.1) is 13.8 Å². The number of nitrogens with zero attached hydrogens (tertiary/aromatic N) is 2. The van der Waals surface area contributed by atoms with Crippen LogP contribution in [0.15, 0.2) is 60.1 Å². The number of amidine groups is 1. The molecule has 1 saturated heterocycles. The van der Waals surface area contributed by atoms with E-state index in [0.717, 1.165) is 16.8 Å². The van der Waals surface area contributed by atoms with E-state index >= 15 is 0 Å². The van der Waals surface area contributed by atoms with Gasteiger partial charge in [-0.05, 0) is 49.2 Å². The highest BCUT2D eigenvalue weighted by molar-refractivity contribution is 8.15. The maximum atomic E-state index is 12.9. The van der Waals surface area contributed by atoms with Gasteiger partial charge in [-0.15, -0.1) is 6.58 Å². The van der Waals surface area contributed by atoms with Crippen LogP contribution in [0.25, 0.3) is 0 Å². The lowest BCUT2D eigenvalue weighted by Gasteiger charge is -2.14. The highest BCUT2D eigenvalue weighted by Crippen LogP contribution is 2.32. The highest BCUT2D eigenvalue weighted by Gasteiger charge is 2.38. The summed E-state index contributed by atoms with van der Waals surface area (Å²) in [6.45, 7) is 8.11. The average Bonchev–Trinajstić information content (AvgIpc) is 2.96. The standard InChI is InChI=1S/C23H25N3O3S/c1-5-10-26-22(28)20(14-21(27)25-18-8-6-7-9-19(18)29-4)30-23(26)24-17-12-15(2)11-16(3)13-17/h5-9,11-13,20H,1,10,14H2,2-4H3,(H,25,27). The summed E-state index contributed by atoms with van der Waals surface area (Å²) in [5.41, 5.74) is 3.57. The third-order valence-electron chi connectivity index (χ3n) is 4.51. The van der Waals surface area contributed by atoms with Crippen LogP contribution >= 0.6 is 11.8 Å². The van der Waals surface area contributed by atoms with E-state index in [0.29, 0.717) is 23.1 Å². The first-order chi connectivity index (χ1) is 14.4. The second kappa shape index (κ2) is 9.63. The average molecular weight is 424 g/mol. The van der Waals surface area contributed by atoms with Crippen LogP contribution < -0.4 is 10.1 Å². The minimum absolute atomic E-state index is 0.0427. The van der Waals surface area contributed by atoms with Gasteiger partial charge in [0, 0.05) is 13.0 Å². The number of ether oxygens (including phenoxy) is 1. The van der Waals surface area contributed by atoms with Crippen molar-refractivity contribution >= 4 is 40.1 Å². The molecule has 0 bridgehead atoms. The van der Waals surface area contributed by atoms with Gasteiger partial charge in [0.1, 0.15) is 11.0 Å². The minimum atomic E-state index is -0.538. The van der Waals surface area contributed by atoms with Crippen molar-refractivity contribution in [3.63, 3.8) is 0 Å². The number of carbonyl (C=O) groups is 2. The quantitative estimate of drug-likeness (QED) is 0.668. The predicted molar refractivity (Wildman–Crippen MR) is 123 cm³/mol. The lowest BCUT2D eigenvalue weighted by atomic mass is 10.1. The minimum Gasteiger partial charge on any atom is -0.495 e. The fourth-order valence-corrected chi connectivity index (χ4v) is 4.43. The number of anilines is 1. The topological polar surface area (TPSA) is 71.0 Å². The zero-order chi connectivity index (χ0) is 21.7. The molecule has 1 aliphatic heterocycles. The Morgan fingerprint density at radius 3 is 2.63 bits per heavy atom. The first-order valence-electron chi connectivity index (χ1n) is 9.60. The number of para-hydroxylation sites is 2. The first kappa shape index (κ1) is 21.6. The maximum Gasteiger partial charge on any atom is 0.242 e. The van der Waals surface area contributed by atoms with Gasteiger partial charge in [-0.25, -0.2) is 4.99 Å². The van der Waals surface area contributed by atoms with Gasteiger partial charge in [-0.1, -0.05) is 36.0 Å². The summed E-state index contributed by atoms with van der Waals surface area (Å²) >= 11 is 1.31. The van der Waals surface area contributed by atoms with Crippen molar-refractivity contribution in [3.05, 3.63) is 66.2 Å². The number of carbonyl (C=O) groups excluding carboxylic acids is 2. The normalized spacial score (nSPS) is 17.3. The van der Waals surface area contributed by atoms with E-state index in [2.05, 4.69) is 23.0 Å². The number of aryl methyl sites for hydroxylation is 2. The largest absolute Gasteiger partial charge is 0.495 e. The summed E-state index contributed by atoms with van der Waals surface area (Å²) < 4.78 is 5.26. The van der Waals surface area contributed by atoms with Crippen LogP contribution in [0.3, 0.4) is 0 Å². The van der Waals surface area contributed by atoms with Crippen LogP contribution in [-0.2, 0) is 9.59 Å². The molecule has 6 nitrogen and oxygen atoms in total. The van der Waals surface area contributed by atoms with E-state index in [-0.39, 0.29) is 18.2 Å². The summed E-state index contributed by atoms with van der Waals surface area (Å²) in [5, 5.41) is 2.87. The van der Waals surface area contributed by atoms with Crippen LogP contribution in [0.2, 0.25) is 0 Å². The molecule has 0 radical (unpaired) electrons. The van der Waals surface area contributed by atoms with Gasteiger partial charge in [0.2, 0.25) is 11.8 Å². The maximum absolute atomic E-state index is 12.9. The number of aliphatic imine (C=N–C) groups is 1. The van der Waals surface area contributed by atoms with Gasteiger partial charge >= 0.3 is 0 Å². The Kier molecular flexibility index (Phi) is 6.95. The zero-order valence-corrected chi connectivity index (χ0v) is 18.2. The van der Waals surface area contributed by atoms with Crippen molar-refractivity contribution in [2.24, 2.45) is 4.99 Å². The molecule has 0 aromatic heterocycles. The monoisotopic (exact) mass is 423 g/mol. The molecule has 2 amide bonds. The molecule has 7 heteroatoms. The summed E-state index contributed by atoms with van der Waals surface area (Å²) in [5.74, 6) is 0.177. The fraction of sp³-hybridized carbons (Fsp3) is 0.261. The van der Waals surface area contributed by atoms with Crippen molar-refractivity contribution in [1.29, 1.82) is 0 Å².